The van der Waals surface area contributed by atoms with Gasteiger partial charge in [-0.15, -0.1) is 0 Å². The lowest BCUT2D eigenvalue weighted by molar-refractivity contribution is 0.0922. The molecule has 0 radical (unpaired) electrons. The van der Waals surface area contributed by atoms with Gasteiger partial charge < -0.3 is 25.2 Å². The van der Waals surface area contributed by atoms with Crippen molar-refractivity contribution in [2.24, 2.45) is 5.16 Å². The number of likely N-dealkylation sites (tertiary alicyclic amines) is 1. The summed E-state index contributed by atoms with van der Waals surface area (Å²) < 4.78 is 5.90. The van der Waals surface area contributed by atoms with Crippen molar-refractivity contribution in [3.63, 3.8) is 0 Å². The lowest BCUT2D eigenvalue weighted by Gasteiger charge is -2.26. The molecule has 8 nitrogen and oxygen atoms in total. The number of nitrogens with zero attached hydrogens (tertiary/aromatic N) is 3. The molecule has 3 heterocycles. The Morgan fingerprint density at radius 3 is 2.91 bits per heavy atom. The maximum absolute atomic E-state index is 13.0. The number of pyridine rings is 1. The van der Waals surface area contributed by atoms with Crippen LogP contribution in [0.5, 0.6) is 0 Å². The maximum Gasteiger partial charge on any atom is 0.289 e. The fraction of sp³-hybridized carbons (Fsp3) is 0.375. The van der Waals surface area contributed by atoms with Gasteiger partial charge in [-0.1, -0.05) is 17.6 Å². The average Bonchev–Trinajstić information content (AvgIpc) is 3.41. The van der Waals surface area contributed by atoms with Gasteiger partial charge in [-0.3, -0.25) is 9.78 Å². The standard InChI is InChI=1S/C24H27N5O3/c30-24(26-10-13-29-11-2-1-3-12-29)23-22(19-8-9-25-15-21(19)32-23)27-17-5-6-18-16(14-17)4-7-20(18)28-31/h5-6,8-9,14-15,27,31H,1-4,7,10-13H2,(H,26,30). The highest BCUT2D eigenvalue weighted by Gasteiger charge is 2.23. The van der Waals surface area contributed by atoms with Crippen LogP contribution in [0.25, 0.3) is 11.0 Å². The molecule has 0 atom stereocenters. The molecule has 2 aliphatic rings. The molecule has 2 aromatic heterocycles. The van der Waals surface area contributed by atoms with Crippen LogP contribution in [0, 0.1) is 0 Å². The van der Waals surface area contributed by atoms with Crippen LogP contribution in [-0.4, -0.2) is 52.9 Å². The molecular weight excluding hydrogens is 406 g/mol. The smallest absolute Gasteiger partial charge is 0.289 e. The topological polar surface area (TPSA) is 103 Å². The third kappa shape index (κ3) is 4.05. The summed E-state index contributed by atoms with van der Waals surface area (Å²) in [6, 6.07) is 7.75. The summed E-state index contributed by atoms with van der Waals surface area (Å²) in [5, 5.41) is 19.8. The molecule has 1 amide bonds. The summed E-state index contributed by atoms with van der Waals surface area (Å²) >= 11 is 0. The van der Waals surface area contributed by atoms with Crippen LogP contribution in [-0.2, 0) is 6.42 Å². The van der Waals surface area contributed by atoms with Crippen molar-refractivity contribution in [3.05, 3.63) is 53.5 Å². The summed E-state index contributed by atoms with van der Waals surface area (Å²) in [6.07, 6.45) is 8.60. The molecule has 1 aliphatic heterocycles. The first-order chi connectivity index (χ1) is 15.7. The number of aromatic nitrogens is 1. The molecule has 5 rings (SSSR count). The molecule has 0 bridgehead atoms. The zero-order chi connectivity index (χ0) is 21.9. The minimum Gasteiger partial charge on any atom is -0.447 e. The highest BCUT2D eigenvalue weighted by atomic mass is 16.4. The normalized spacial score (nSPS) is 17.6. The van der Waals surface area contributed by atoms with Crippen LogP contribution >= 0.6 is 0 Å². The molecule has 0 spiro atoms. The Hall–Kier alpha value is -3.39. The van der Waals surface area contributed by atoms with Gasteiger partial charge in [-0.2, -0.15) is 0 Å². The van der Waals surface area contributed by atoms with E-state index in [1.165, 1.54) is 19.3 Å². The third-order valence-electron chi connectivity index (χ3n) is 6.30. The molecule has 166 valence electrons. The van der Waals surface area contributed by atoms with Gasteiger partial charge in [-0.25, -0.2) is 0 Å². The zero-order valence-corrected chi connectivity index (χ0v) is 17.9. The quantitative estimate of drug-likeness (QED) is 0.402. The number of amides is 1. The van der Waals surface area contributed by atoms with Gasteiger partial charge in [0.25, 0.3) is 5.91 Å². The van der Waals surface area contributed by atoms with Crippen molar-refractivity contribution in [2.45, 2.75) is 32.1 Å². The van der Waals surface area contributed by atoms with Crippen molar-refractivity contribution in [3.8, 4) is 0 Å². The minimum atomic E-state index is -0.239. The number of carbonyl (C=O) groups is 1. The van der Waals surface area contributed by atoms with E-state index in [-0.39, 0.29) is 11.7 Å². The Morgan fingerprint density at radius 1 is 1.19 bits per heavy atom. The first-order valence-electron chi connectivity index (χ1n) is 11.2. The van der Waals surface area contributed by atoms with Crippen molar-refractivity contribution in [1.82, 2.24) is 15.2 Å². The SMILES string of the molecule is O=C(NCCN1CCCCC1)c1oc2cnccc2c1Nc1ccc2c(c1)CCC2=NO. The monoisotopic (exact) mass is 433 g/mol. The predicted molar refractivity (Wildman–Crippen MR) is 123 cm³/mol. The van der Waals surface area contributed by atoms with E-state index < -0.39 is 0 Å². The fourth-order valence-corrected chi connectivity index (χ4v) is 4.62. The minimum absolute atomic E-state index is 0.239. The van der Waals surface area contributed by atoms with E-state index in [9.17, 15) is 4.79 Å². The molecule has 1 saturated heterocycles. The summed E-state index contributed by atoms with van der Waals surface area (Å²) in [6.45, 7) is 3.62. The van der Waals surface area contributed by atoms with Gasteiger partial charge in [-0.05, 0) is 62.5 Å². The van der Waals surface area contributed by atoms with Crippen LogP contribution in [0.15, 0.2) is 46.2 Å². The fourth-order valence-electron chi connectivity index (χ4n) is 4.62. The van der Waals surface area contributed by atoms with Gasteiger partial charge in [0.1, 0.15) is 0 Å². The second-order valence-electron chi connectivity index (χ2n) is 8.38. The number of hydrogen-bond donors (Lipinski definition) is 3. The largest absolute Gasteiger partial charge is 0.447 e. The Morgan fingerprint density at radius 2 is 2.06 bits per heavy atom. The maximum atomic E-state index is 13.0. The molecule has 1 fully saturated rings. The van der Waals surface area contributed by atoms with Crippen molar-refractivity contribution in [2.75, 3.05) is 31.5 Å². The van der Waals surface area contributed by atoms with E-state index in [4.69, 9.17) is 9.62 Å². The molecule has 0 unspecified atom stereocenters. The number of anilines is 2. The molecule has 3 N–H and O–H groups in total. The zero-order valence-electron chi connectivity index (χ0n) is 17.9. The summed E-state index contributed by atoms with van der Waals surface area (Å²) in [5.74, 6) is 0.0151. The van der Waals surface area contributed by atoms with Crippen LogP contribution in [0.4, 0.5) is 11.4 Å². The van der Waals surface area contributed by atoms with Gasteiger partial charge in [0.2, 0.25) is 5.76 Å². The van der Waals surface area contributed by atoms with Crippen LogP contribution < -0.4 is 10.6 Å². The van der Waals surface area contributed by atoms with Gasteiger partial charge >= 0.3 is 0 Å². The molecule has 3 aromatic rings. The number of carbonyl (C=O) groups excluding carboxylic acids is 1. The van der Waals surface area contributed by atoms with E-state index in [0.29, 0.717) is 23.5 Å². The van der Waals surface area contributed by atoms with Crippen molar-refractivity contribution >= 4 is 34.0 Å². The third-order valence-corrected chi connectivity index (χ3v) is 6.30. The predicted octanol–water partition coefficient (Wildman–Crippen LogP) is 3.91. The number of oxime groups is 1. The van der Waals surface area contributed by atoms with Gasteiger partial charge in [0.05, 0.1) is 17.6 Å². The van der Waals surface area contributed by atoms with Crippen LogP contribution in [0.3, 0.4) is 0 Å². The second kappa shape index (κ2) is 9.00. The second-order valence-corrected chi connectivity index (χ2v) is 8.38. The first kappa shape index (κ1) is 20.5. The Balaban J connectivity index is 1.36. The van der Waals surface area contributed by atoms with Gasteiger partial charge in [0.15, 0.2) is 5.58 Å². The Kier molecular flexibility index (Phi) is 5.77. The number of nitrogens with one attached hydrogen (secondary N) is 2. The highest BCUT2D eigenvalue weighted by molar-refractivity contribution is 6.07. The van der Waals surface area contributed by atoms with E-state index in [1.54, 1.807) is 12.4 Å². The number of piperidine rings is 1. The molecule has 8 heteroatoms. The molecule has 1 aliphatic carbocycles. The average molecular weight is 434 g/mol. The molecular formula is C24H27N5O3. The first-order valence-corrected chi connectivity index (χ1v) is 11.2. The summed E-state index contributed by atoms with van der Waals surface area (Å²) in [4.78, 5) is 19.5. The highest BCUT2D eigenvalue weighted by Crippen LogP contribution is 2.34. The summed E-state index contributed by atoms with van der Waals surface area (Å²) in [7, 11) is 0. The number of hydrogen-bond acceptors (Lipinski definition) is 7. The van der Waals surface area contributed by atoms with E-state index in [1.807, 2.05) is 24.3 Å². The molecule has 32 heavy (non-hydrogen) atoms. The lowest BCUT2D eigenvalue weighted by atomic mass is 10.1. The lowest BCUT2D eigenvalue weighted by Crippen LogP contribution is -2.37. The number of aryl methyl sites for hydroxylation is 1. The number of benzene rings is 1. The molecule has 0 saturated carbocycles. The van der Waals surface area contributed by atoms with E-state index in [0.717, 1.165) is 54.7 Å². The van der Waals surface area contributed by atoms with E-state index >= 15 is 0 Å². The number of fused-ring (bicyclic) bond motifs is 2. The Labute approximate surface area is 186 Å². The Bertz CT molecular complexity index is 1160. The molecule has 1 aromatic carbocycles. The number of rotatable bonds is 6. The summed E-state index contributed by atoms with van der Waals surface area (Å²) in [5.41, 5.74) is 4.84. The van der Waals surface area contributed by atoms with E-state index in [2.05, 4.69) is 25.7 Å². The van der Waals surface area contributed by atoms with Crippen molar-refractivity contribution < 1.29 is 14.4 Å². The van der Waals surface area contributed by atoms with Gasteiger partial charge in [0, 0.05) is 35.9 Å². The van der Waals surface area contributed by atoms with Crippen LogP contribution in [0.2, 0.25) is 0 Å². The van der Waals surface area contributed by atoms with Crippen molar-refractivity contribution in [1.29, 1.82) is 0 Å². The number of furan rings is 1. The van der Waals surface area contributed by atoms with Crippen LogP contribution in [0.1, 0.15) is 47.4 Å².